The molecule has 0 radical (unpaired) electrons. The number of rotatable bonds is 4. The van der Waals surface area contributed by atoms with Crippen LogP contribution in [0.1, 0.15) is 21.5 Å². The van der Waals surface area contributed by atoms with Gasteiger partial charge < -0.3 is 14.5 Å². The quantitative estimate of drug-likeness (QED) is 0.449. The number of hydrogen-bond acceptors (Lipinski definition) is 4. The second-order valence-corrected chi connectivity index (χ2v) is 7.23. The van der Waals surface area contributed by atoms with E-state index in [1.165, 1.54) is 7.11 Å². The zero-order valence-electron chi connectivity index (χ0n) is 16.2. The van der Waals surface area contributed by atoms with Crippen LogP contribution in [0.5, 0.6) is 5.75 Å². The van der Waals surface area contributed by atoms with Crippen molar-refractivity contribution in [3.8, 4) is 17.2 Å². The van der Waals surface area contributed by atoms with Gasteiger partial charge in [-0.25, -0.2) is 4.98 Å². The Kier molecular flexibility index (Phi) is 4.99. The van der Waals surface area contributed by atoms with Gasteiger partial charge >= 0.3 is 0 Å². The topological polar surface area (TPSA) is 64.4 Å². The van der Waals surface area contributed by atoms with Gasteiger partial charge in [0, 0.05) is 16.8 Å². The van der Waals surface area contributed by atoms with Gasteiger partial charge in [-0.2, -0.15) is 0 Å². The average Bonchev–Trinajstić information content (AvgIpc) is 3.12. The van der Waals surface area contributed by atoms with Gasteiger partial charge in [0.05, 0.1) is 12.1 Å². The molecule has 5 nitrogen and oxygen atoms in total. The normalized spacial score (nSPS) is 10.9. The summed E-state index contributed by atoms with van der Waals surface area (Å²) in [7, 11) is 1.53. The van der Waals surface area contributed by atoms with Crippen molar-refractivity contribution in [2.75, 3.05) is 12.4 Å². The first-order valence-electron chi connectivity index (χ1n) is 9.08. The van der Waals surface area contributed by atoms with Gasteiger partial charge in [-0.1, -0.05) is 23.7 Å². The number of hydrogen-bond donors (Lipinski definition) is 1. The Balaban J connectivity index is 1.64. The number of halogens is 1. The summed E-state index contributed by atoms with van der Waals surface area (Å²) in [4.78, 5) is 17.3. The average molecular weight is 407 g/mol. The first-order valence-corrected chi connectivity index (χ1v) is 9.45. The highest BCUT2D eigenvalue weighted by Crippen LogP contribution is 2.29. The number of nitrogens with zero attached hydrogens (tertiary/aromatic N) is 1. The van der Waals surface area contributed by atoms with Crippen LogP contribution in [0.2, 0.25) is 5.02 Å². The molecule has 0 saturated heterocycles. The van der Waals surface area contributed by atoms with E-state index in [1.807, 2.05) is 50.2 Å². The van der Waals surface area contributed by atoms with Crippen LogP contribution in [0, 0.1) is 13.8 Å². The molecule has 0 unspecified atom stereocenters. The molecule has 0 atom stereocenters. The molecule has 4 rings (SSSR count). The molecule has 1 aromatic heterocycles. The standard InChI is InChI=1S/C23H19ClN2O3/c1-13-4-8-21-19(10-13)26-23(29-21)16-6-5-14(2)18(12-16)25-22(27)15-7-9-20(28-3)17(24)11-15/h4-12H,1-3H3,(H,25,27). The minimum Gasteiger partial charge on any atom is -0.495 e. The summed E-state index contributed by atoms with van der Waals surface area (Å²) in [6.45, 7) is 3.94. The van der Waals surface area contributed by atoms with Gasteiger partial charge in [0.15, 0.2) is 5.58 Å². The van der Waals surface area contributed by atoms with Gasteiger partial charge in [-0.15, -0.1) is 0 Å². The molecule has 146 valence electrons. The van der Waals surface area contributed by atoms with Crippen molar-refractivity contribution in [1.82, 2.24) is 4.98 Å². The van der Waals surface area contributed by atoms with E-state index in [1.54, 1.807) is 18.2 Å². The molecule has 0 spiro atoms. The molecule has 0 saturated carbocycles. The van der Waals surface area contributed by atoms with Gasteiger partial charge in [-0.3, -0.25) is 4.79 Å². The van der Waals surface area contributed by atoms with Crippen LogP contribution in [0.25, 0.3) is 22.6 Å². The smallest absolute Gasteiger partial charge is 0.255 e. The highest BCUT2D eigenvalue weighted by atomic mass is 35.5. The third-order valence-electron chi connectivity index (χ3n) is 4.69. The molecule has 4 aromatic rings. The summed E-state index contributed by atoms with van der Waals surface area (Å²) >= 11 is 6.14. The lowest BCUT2D eigenvalue weighted by atomic mass is 10.1. The molecule has 3 aromatic carbocycles. The predicted molar refractivity (Wildman–Crippen MR) is 115 cm³/mol. The third kappa shape index (κ3) is 3.82. The maximum absolute atomic E-state index is 12.7. The molecular formula is C23H19ClN2O3. The Labute approximate surface area is 173 Å². The van der Waals surface area contributed by atoms with E-state index in [4.69, 9.17) is 20.8 Å². The van der Waals surface area contributed by atoms with Crippen molar-refractivity contribution in [2.45, 2.75) is 13.8 Å². The lowest BCUT2D eigenvalue weighted by Crippen LogP contribution is -2.13. The number of carbonyl (C=O) groups excluding carboxylic acids is 1. The highest BCUT2D eigenvalue weighted by Gasteiger charge is 2.14. The predicted octanol–water partition coefficient (Wildman–Crippen LogP) is 6.03. The van der Waals surface area contributed by atoms with Crippen molar-refractivity contribution < 1.29 is 13.9 Å². The van der Waals surface area contributed by atoms with E-state index in [0.717, 1.165) is 27.8 Å². The minimum absolute atomic E-state index is 0.261. The zero-order valence-corrected chi connectivity index (χ0v) is 17.0. The molecular weight excluding hydrogens is 388 g/mol. The first-order chi connectivity index (χ1) is 13.9. The summed E-state index contributed by atoms with van der Waals surface area (Å²) in [6, 6.07) is 16.5. The summed E-state index contributed by atoms with van der Waals surface area (Å²) in [6.07, 6.45) is 0. The molecule has 1 heterocycles. The molecule has 0 bridgehead atoms. The van der Waals surface area contributed by atoms with Crippen LogP contribution in [-0.4, -0.2) is 18.0 Å². The molecule has 0 aliphatic rings. The van der Waals surface area contributed by atoms with E-state index in [2.05, 4.69) is 10.3 Å². The number of oxazole rings is 1. The molecule has 0 fully saturated rings. The fourth-order valence-electron chi connectivity index (χ4n) is 3.05. The number of amides is 1. The Hall–Kier alpha value is -3.31. The van der Waals surface area contributed by atoms with Gasteiger partial charge in [0.25, 0.3) is 5.91 Å². The summed E-state index contributed by atoms with van der Waals surface area (Å²) in [5, 5.41) is 3.32. The van der Waals surface area contributed by atoms with Crippen LogP contribution in [0.3, 0.4) is 0 Å². The fourth-order valence-corrected chi connectivity index (χ4v) is 3.31. The summed E-state index contributed by atoms with van der Waals surface area (Å²) < 4.78 is 11.0. The van der Waals surface area contributed by atoms with Crippen molar-refractivity contribution in [3.05, 3.63) is 76.3 Å². The number of nitrogens with one attached hydrogen (secondary N) is 1. The van der Waals surface area contributed by atoms with Crippen LogP contribution in [-0.2, 0) is 0 Å². The molecule has 0 aliphatic heterocycles. The Morgan fingerprint density at radius 1 is 1.07 bits per heavy atom. The van der Waals surface area contributed by atoms with Crippen molar-refractivity contribution in [2.24, 2.45) is 0 Å². The second kappa shape index (κ2) is 7.60. The SMILES string of the molecule is COc1ccc(C(=O)Nc2cc(-c3nc4cc(C)ccc4o3)ccc2C)cc1Cl. The number of fused-ring (bicyclic) bond motifs is 1. The van der Waals surface area contributed by atoms with E-state index < -0.39 is 0 Å². The third-order valence-corrected chi connectivity index (χ3v) is 4.99. The van der Waals surface area contributed by atoms with E-state index >= 15 is 0 Å². The fraction of sp³-hybridized carbons (Fsp3) is 0.130. The van der Waals surface area contributed by atoms with Crippen LogP contribution >= 0.6 is 11.6 Å². The van der Waals surface area contributed by atoms with E-state index in [0.29, 0.717) is 27.9 Å². The zero-order chi connectivity index (χ0) is 20.5. The maximum Gasteiger partial charge on any atom is 0.255 e. The molecule has 1 N–H and O–H groups in total. The second-order valence-electron chi connectivity index (χ2n) is 6.82. The number of aromatic nitrogens is 1. The van der Waals surface area contributed by atoms with Crippen LogP contribution in [0.4, 0.5) is 5.69 Å². The number of aryl methyl sites for hydroxylation is 2. The maximum atomic E-state index is 12.7. The van der Waals surface area contributed by atoms with Crippen molar-refractivity contribution >= 4 is 34.3 Å². The Bertz CT molecular complexity index is 1230. The number of carbonyl (C=O) groups is 1. The number of ether oxygens (including phenoxy) is 1. The summed E-state index contributed by atoms with van der Waals surface area (Å²) in [5.74, 6) is 0.768. The summed E-state index contributed by atoms with van der Waals surface area (Å²) in [5.41, 5.74) is 5.48. The van der Waals surface area contributed by atoms with E-state index in [-0.39, 0.29) is 5.91 Å². The number of anilines is 1. The minimum atomic E-state index is -0.261. The lowest BCUT2D eigenvalue weighted by Gasteiger charge is -2.11. The Morgan fingerprint density at radius 2 is 1.90 bits per heavy atom. The van der Waals surface area contributed by atoms with Gasteiger partial charge in [0.1, 0.15) is 11.3 Å². The molecule has 1 amide bonds. The molecule has 6 heteroatoms. The number of benzene rings is 3. The van der Waals surface area contributed by atoms with E-state index in [9.17, 15) is 4.79 Å². The monoisotopic (exact) mass is 406 g/mol. The van der Waals surface area contributed by atoms with Gasteiger partial charge in [-0.05, 0) is 67.4 Å². The lowest BCUT2D eigenvalue weighted by molar-refractivity contribution is 0.102. The van der Waals surface area contributed by atoms with Crippen molar-refractivity contribution in [1.29, 1.82) is 0 Å². The molecule has 29 heavy (non-hydrogen) atoms. The van der Waals surface area contributed by atoms with Crippen LogP contribution < -0.4 is 10.1 Å². The van der Waals surface area contributed by atoms with Crippen LogP contribution in [0.15, 0.2) is 59.0 Å². The van der Waals surface area contributed by atoms with Gasteiger partial charge in [0.2, 0.25) is 5.89 Å². The number of methoxy groups -OCH3 is 1. The highest BCUT2D eigenvalue weighted by molar-refractivity contribution is 6.32. The molecule has 0 aliphatic carbocycles. The first kappa shape index (κ1) is 19.0. The van der Waals surface area contributed by atoms with Crippen molar-refractivity contribution in [3.63, 3.8) is 0 Å². The largest absolute Gasteiger partial charge is 0.495 e. The Morgan fingerprint density at radius 3 is 2.66 bits per heavy atom.